The number of carbonyl (C=O) groups is 2. The van der Waals surface area contributed by atoms with Crippen molar-refractivity contribution in [2.24, 2.45) is 11.7 Å². The maximum Gasteiger partial charge on any atom is 0.311 e. The molecule has 3 rings (SSSR count). The van der Waals surface area contributed by atoms with Gasteiger partial charge >= 0.3 is 11.7 Å². The molecule has 0 atom stereocenters. The Morgan fingerprint density at radius 2 is 1.87 bits per heavy atom. The van der Waals surface area contributed by atoms with E-state index in [1.165, 1.54) is 24.3 Å². The second-order valence-corrected chi connectivity index (χ2v) is 6.75. The van der Waals surface area contributed by atoms with Gasteiger partial charge in [-0.2, -0.15) is 4.98 Å². The molecule has 2 N–H and O–H groups in total. The molecule has 1 fully saturated rings. The average Bonchev–Trinajstić information content (AvgIpc) is 2.74. The standard InChI is InChI=1S/C20H22N4O6/c1-2-29-20(26)14-9-11-23(12-10-14)19-16(24(27)28)7-8-17(22-19)30-15-5-3-13(4-6-15)18(21)25/h3-8,14H,2,9-12H2,1H3,(H2,21,25). The molecule has 0 saturated carbocycles. The lowest BCUT2D eigenvalue weighted by Crippen LogP contribution is -2.37. The molecule has 0 radical (unpaired) electrons. The number of hydrogen-bond acceptors (Lipinski definition) is 8. The van der Waals surface area contributed by atoms with Crippen LogP contribution in [0, 0.1) is 16.0 Å². The minimum absolute atomic E-state index is 0.138. The van der Waals surface area contributed by atoms with Crippen LogP contribution in [0.3, 0.4) is 0 Å². The summed E-state index contributed by atoms with van der Waals surface area (Å²) in [5.74, 6) is -0.236. The molecule has 1 aliphatic heterocycles. The molecule has 0 aliphatic carbocycles. The molecule has 30 heavy (non-hydrogen) atoms. The Hall–Kier alpha value is -3.69. The van der Waals surface area contributed by atoms with Gasteiger partial charge in [-0.25, -0.2) is 0 Å². The van der Waals surface area contributed by atoms with Crippen LogP contribution in [0.15, 0.2) is 36.4 Å². The molecule has 0 spiro atoms. The molecule has 10 nitrogen and oxygen atoms in total. The fraction of sp³-hybridized carbons (Fsp3) is 0.350. The number of nitrogens with two attached hydrogens (primary N) is 1. The van der Waals surface area contributed by atoms with Gasteiger partial charge in [0.1, 0.15) is 5.75 Å². The Morgan fingerprint density at radius 1 is 1.20 bits per heavy atom. The summed E-state index contributed by atoms with van der Waals surface area (Å²) >= 11 is 0. The van der Waals surface area contributed by atoms with E-state index < -0.39 is 10.8 Å². The summed E-state index contributed by atoms with van der Waals surface area (Å²) in [4.78, 5) is 40.2. The van der Waals surface area contributed by atoms with Crippen molar-refractivity contribution in [3.8, 4) is 11.6 Å². The number of primary amides is 1. The maximum atomic E-state index is 11.9. The molecule has 0 unspecified atom stereocenters. The molecular formula is C20H22N4O6. The van der Waals surface area contributed by atoms with Gasteiger partial charge in [-0.1, -0.05) is 0 Å². The number of nitrogens with zero attached hydrogens (tertiary/aromatic N) is 3. The first-order valence-corrected chi connectivity index (χ1v) is 9.53. The zero-order valence-electron chi connectivity index (χ0n) is 16.4. The van der Waals surface area contributed by atoms with Crippen LogP contribution in [-0.4, -0.2) is 41.5 Å². The van der Waals surface area contributed by atoms with Gasteiger partial charge in [-0.3, -0.25) is 19.7 Å². The van der Waals surface area contributed by atoms with Gasteiger partial charge in [-0.15, -0.1) is 0 Å². The van der Waals surface area contributed by atoms with Crippen LogP contribution in [0.1, 0.15) is 30.1 Å². The Morgan fingerprint density at radius 3 is 2.43 bits per heavy atom. The number of piperidine rings is 1. The van der Waals surface area contributed by atoms with Crippen molar-refractivity contribution in [1.82, 2.24) is 4.98 Å². The van der Waals surface area contributed by atoms with E-state index in [9.17, 15) is 19.7 Å². The zero-order chi connectivity index (χ0) is 21.7. The van der Waals surface area contributed by atoms with Gasteiger partial charge in [0.25, 0.3) is 0 Å². The predicted octanol–water partition coefficient (Wildman–Crippen LogP) is 2.66. The average molecular weight is 414 g/mol. The van der Waals surface area contributed by atoms with Gasteiger partial charge < -0.3 is 20.1 Å². The number of carbonyl (C=O) groups excluding carboxylic acids is 2. The van der Waals surface area contributed by atoms with Crippen LogP contribution in [0.2, 0.25) is 0 Å². The molecule has 1 aromatic heterocycles. The number of amides is 1. The lowest BCUT2D eigenvalue weighted by Gasteiger charge is -2.31. The number of hydrogen-bond donors (Lipinski definition) is 1. The number of ether oxygens (including phenoxy) is 2. The van der Waals surface area contributed by atoms with Crippen molar-refractivity contribution in [3.63, 3.8) is 0 Å². The number of esters is 1. The van der Waals surface area contributed by atoms with Crippen LogP contribution in [0.5, 0.6) is 11.6 Å². The topological polar surface area (TPSA) is 138 Å². The summed E-state index contributed by atoms with van der Waals surface area (Å²) in [6.07, 6.45) is 1.05. The lowest BCUT2D eigenvalue weighted by molar-refractivity contribution is -0.384. The fourth-order valence-electron chi connectivity index (χ4n) is 3.25. The zero-order valence-corrected chi connectivity index (χ0v) is 16.4. The largest absolute Gasteiger partial charge is 0.466 e. The van der Waals surface area contributed by atoms with Gasteiger partial charge in [0.15, 0.2) is 0 Å². The number of anilines is 1. The Balaban J connectivity index is 1.77. The second-order valence-electron chi connectivity index (χ2n) is 6.75. The summed E-state index contributed by atoms with van der Waals surface area (Å²) in [6, 6.07) is 8.91. The van der Waals surface area contributed by atoms with Gasteiger partial charge in [0.2, 0.25) is 17.6 Å². The van der Waals surface area contributed by atoms with Crippen molar-refractivity contribution in [3.05, 3.63) is 52.1 Å². The number of nitro groups is 1. The highest BCUT2D eigenvalue weighted by molar-refractivity contribution is 5.92. The van der Waals surface area contributed by atoms with Crippen LogP contribution < -0.4 is 15.4 Å². The van der Waals surface area contributed by atoms with E-state index in [2.05, 4.69) is 4.98 Å². The predicted molar refractivity (Wildman–Crippen MR) is 107 cm³/mol. The third-order valence-electron chi connectivity index (χ3n) is 4.80. The number of aromatic nitrogens is 1. The number of rotatable bonds is 7. The quantitative estimate of drug-likeness (QED) is 0.414. The van der Waals surface area contributed by atoms with Gasteiger partial charge in [0.05, 0.1) is 17.4 Å². The first-order chi connectivity index (χ1) is 14.4. The van der Waals surface area contributed by atoms with Crippen molar-refractivity contribution in [2.75, 3.05) is 24.6 Å². The first-order valence-electron chi connectivity index (χ1n) is 9.53. The van der Waals surface area contributed by atoms with E-state index >= 15 is 0 Å². The Bertz CT molecular complexity index is 939. The Kier molecular flexibility index (Phi) is 6.45. The van der Waals surface area contributed by atoms with Crippen LogP contribution in [-0.2, 0) is 9.53 Å². The molecule has 0 bridgehead atoms. The van der Waals surface area contributed by atoms with Crippen molar-refractivity contribution in [1.29, 1.82) is 0 Å². The highest BCUT2D eigenvalue weighted by Gasteiger charge is 2.30. The van der Waals surface area contributed by atoms with Crippen molar-refractivity contribution >= 4 is 23.4 Å². The summed E-state index contributed by atoms with van der Waals surface area (Å²) in [6.45, 7) is 2.96. The third kappa shape index (κ3) is 4.83. The molecular weight excluding hydrogens is 392 g/mol. The normalized spacial score (nSPS) is 14.2. The summed E-state index contributed by atoms with van der Waals surface area (Å²) in [5, 5.41) is 11.5. The molecule has 2 heterocycles. The highest BCUT2D eigenvalue weighted by Crippen LogP contribution is 2.33. The van der Waals surface area contributed by atoms with Crippen molar-refractivity contribution < 1.29 is 24.0 Å². The van der Waals surface area contributed by atoms with E-state index in [1.54, 1.807) is 24.0 Å². The van der Waals surface area contributed by atoms with E-state index in [0.29, 0.717) is 43.9 Å². The maximum absolute atomic E-state index is 11.9. The van der Waals surface area contributed by atoms with Gasteiger partial charge in [-0.05, 0) is 44.0 Å². The van der Waals surface area contributed by atoms with Gasteiger partial charge in [0, 0.05) is 30.8 Å². The van der Waals surface area contributed by atoms with E-state index in [0.717, 1.165) is 0 Å². The minimum atomic E-state index is -0.552. The van der Waals surface area contributed by atoms with Crippen molar-refractivity contribution in [2.45, 2.75) is 19.8 Å². The molecule has 158 valence electrons. The van der Waals surface area contributed by atoms with E-state index in [4.69, 9.17) is 15.2 Å². The molecule has 1 aromatic carbocycles. The highest BCUT2D eigenvalue weighted by atomic mass is 16.6. The summed E-state index contributed by atoms with van der Waals surface area (Å²) in [7, 11) is 0. The molecule has 10 heteroatoms. The molecule has 1 amide bonds. The number of benzene rings is 1. The first kappa shape index (κ1) is 21.0. The number of pyridine rings is 1. The Labute approximate surface area is 172 Å². The lowest BCUT2D eigenvalue weighted by atomic mass is 9.97. The monoisotopic (exact) mass is 414 g/mol. The van der Waals surface area contributed by atoms with Crippen LogP contribution in [0.25, 0.3) is 0 Å². The summed E-state index contributed by atoms with van der Waals surface area (Å²) in [5.41, 5.74) is 5.42. The smallest absolute Gasteiger partial charge is 0.311 e. The molecule has 2 aromatic rings. The fourth-order valence-corrected chi connectivity index (χ4v) is 3.25. The van der Waals surface area contributed by atoms with E-state index in [-0.39, 0.29) is 29.3 Å². The second kappa shape index (κ2) is 9.21. The van der Waals surface area contributed by atoms with E-state index in [1.807, 2.05) is 0 Å². The SMILES string of the molecule is CCOC(=O)C1CCN(c2nc(Oc3ccc(C(N)=O)cc3)ccc2[N+](=O)[O-])CC1. The van der Waals surface area contributed by atoms with Crippen LogP contribution in [0.4, 0.5) is 11.5 Å². The third-order valence-corrected chi connectivity index (χ3v) is 4.80. The minimum Gasteiger partial charge on any atom is -0.466 e. The molecule has 1 saturated heterocycles. The van der Waals surface area contributed by atoms with Crippen LogP contribution >= 0.6 is 0 Å². The summed E-state index contributed by atoms with van der Waals surface area (Å²) < 4.78 is 10.7. The molecule has 1 aliphatic rings.